The molecule has 0 aliphatic carbocycles. The molecule has 1 aromatic carbocycles. The number of imidazole rings is 1. The molecule has 0 saturated heterocycles. The molecule has 136 valence electrons. The molecule has 3 heterocycles. The maximum atomic E-state index is 12.5. The second-order valence-corrected chi connectivity index (χ2v) is 6.97. The summed E-state index contributed by atoms with van der Waals surface area (Å²) in [5, 5.41) is 7.14. The Balaban J connectivity index is 1.45. The highest BCUT2D eigenvalue weighted by Crippen LogP contribution is 2.20. The van der Waals surface area contributed by atoms with Crippen molar-refractivity contribution < 1.29 is 4.79 Å². The Bertz CT molecular complexity index is 1060. The van der Waals surface area contributed by atoms with Crippen LogP contribution in [0.15, 0.2) is 16.9 Å². The number of nitrogens with zero attached hydrogens (tertiary/aromatic N) is 4. The predicted molar refractivity (Wildman–Crippen MR) is 96.7 cm³/mol. The van der Waals surface area contributed by atoms with Crippen LogP contribution in [0.4, 0.5) is 0 Å². The molecule has 0 bridgehead atoms. The summed E-state index contributed by atoms with van der Waals surface area (Å²) in [5.74, 6) is 1.21. The van der Waals surface area contributed by atoms with Gasteiger partial charge in [-0.3, -0.25) is 9.36 Å². The lowest BCUT2D eigenvalue weighted by Crippen LogP contribution is -2.38. The molecule has 0 fully saturated rings. The molecule has 2 aromatic heterocycles. The molecule has 0 radical (unpaired) electrons. The number of hydrogen-bond donors (Lipinski definition) is 2. The van der Waals surface area contributed by atoms with Crippen molar-refractivity contribution in [1.29, 1.82) is 0 Å². The topological polar surface area (TPSA) is 97.6 Å². The molecule has 8 heteroatoms. The quantitative estimate of drug-likeness (QED) is 0.732. The number of carbonyl (C=O) groups excluding carboxylic acids is 1. The molecule has 3 aromatic rings. The fraction of sp³-hybridized carbons (Fsp3) is 0.444. The normalized spacial score (nSPS) is 16.7. The van der Waals surface area contributed by atoms with E-state index in [2.05, 4.69) is 33.4 Å². The Kier molecular flexibility index (Phi) is 3.90. The largest absolute Gasteiger partial charge is 0.349 e. The summed E-state index contributed by atoms with van der Waals surface area (Å²) < 4.78 is 2.93. The third-order valence-electron chi connectivity index (χ3n) is 5.23. The van der Waals surface area contributed by atoms with Crippen molar-refractivity contribution in [3.05, 3.63) is 45.4 Å². The van der Waals surface area contributed by atoms with E-state index in [0.29, 0.717) is 25.9 Å². The number of aromatic nitrogens is 5. The van der Waals surface area contributed by atoms with Crippen molar-refractivity contribution in [3.63, 3.8) is 0 Å². The van der Waals surface area contributed by atoms with Gasteiger partial charge in [-0.25, -0.2) is 14.5 Å². The van der Waals surface area contributed by atoms with Crippen LogP contribution in [-0.2, 0) is 31.4 Å². The second kappa shape index (κ2) is 6.12. The second-order valence-electron chi connectivity index (χ2n) is 6.97. The summed E-state index contributed by atoms with van der Waals surface area (Å²) >= 11 is 0. The third kappa shape index (κ3) is 2.71. The molecular formula is C18H22N6O2. The van der Waals surface area contributed by atoms with Crippen LogP contribution in [0.25, 0.3) is 11.0 Å². The van der Waals surface area contributed by atoms with Gasteiger partial charge in [-0.2, -0.15) is 5.10 Å². The van der Waals surface area contributed by atoms with Crippen LogP contribution >= 0.6 is 0 Å². The first kappa shape index (κ1) is 16.6. The molecule has 1 aliphatic rings. The number of carbonyl (C=O) groups is 1. The average Bonchev–Trinajstić information content (AvgIpc) is 3.18. The summed E-state index contributed by atoms with van der Waals surface area (Å²) in [6, 6.07) is 4.07. The van der Waals surface area contributed by atoms with Crippen LogP contribution in [-0.4, -0.2) is 30.2 Å². The molecule has 1 amide bonds. The van der Waals surface area contributed by atoms with Crippen molar-refractivity contribution in [2.24, 2.45) is 13.0 Å². The summed E-state index contributed by atoms with van der Waals surface area (Å²) in [5.41, 5.74) is 4.09. The highest BCUT2D eigenvalue weighted by Gasteiger charge is 2.27. The smallest absolute Gasteiger partial charge is 0.345 e. The third-order valence-corrected chi connectivity index (χ3v) is 5.23. The molecule has 1 atom stereocenters. The van der Waals surface area contributed by atoms with E-state index in [4.69, 9.17) is 0 Å². The molecule has 0 spiro atoms. The number of H-pyrrole nitrogens is 1. The van der Waals surface area contributed by atoms with Crippen LogP contribution in [0, 0.1) is 19.8 Å². The minimum absolute atomic E-state index is 0.0558. The van der Waals surface area contributed by atoms with Gasteiger partial charge in [0.25, 0.3) is 0 Å². The van der Waals surface area contributed by atoms with E-state index in [9.17, 15) is 9.59 Å². The van der Waals surface area contributed by atoms with E-state index < -0.39 is 0 Å². The van der Waals surface area contributed by atoms with Gasteiger partial charge in [0.05, 0.1) is 23.5 Å². The van der Waals surface area contributed by atoms with Gasteiger partial charge in [0.2, 0.25) is 5.91 Å². The summed E-state index contributed by atoms with van der Waals surface area (Å²) in [7, 11) is 1.63. The van der Waals surface area contributed by atoms with E-state index in [1.165, 1.54) is 10.2 Å². The first-order valence-corrected chi connectivity index (χ1v) is 8.79. The lowest BCUT2D eigenvalue weighted by molar-refractivity contribution is -0.126. The van der Waals surface area contributed by atoms with E-state index in [-0.39, 0.29) is 17.5 Å². The van der Waals surface area contributed by atoms with Gasteiger partial charge in [0.15, 0.2) is 0 Å². The summed E-state index contributed by atoms with van der Waals surface area (Å²) in [4.78, 5) is 32.4. The molecular weight excluding hydrogens is 332 g/mol. The predicted octanol–water partition coefficient (Wildman–Crippen LogP) is 0.954. The van der Waals surface area contributed by atoms with Crippen molar-refractivity contribution >= 4 is 16.9 Å². The van der Waals surface area contributed by atoms with Gasteiger partial charge in [0, 0.05) is 20.0 Å². The zero-order chi connectivity index (χ0) is 18.4. The number of fused-ring (bicyclic) bond motifs is 2. The zero-order valence-electron chi connectivity index (χ0n) is 15.2. The van der Waals surface area contributed by atoms with Crippen LogP contribution in [0.3, 0.4) is 0 Å². The van der Waals surface area contributed by atoms with Crippen LogP contribution in [0.1, 0.15) is 29.2 Å². The molecule has 8 nitrogen and oxygen atoms in total. The van der Waals surface area contributed by atoms with Crippen LogP contribution in [0.5, 0.6) is 0 Å². The van der Waals surface area contributed by atoms with Crippen LogP contribution in [0.2, 0.25) is 0 Å². The van der Waals surface area contributed by atoms with Crippen molar-refractivity contribution in [2.75, 3.05) is 0 Å². The lowest BCUT2D eigenvalue weighted by Gasteiger charge is -2.21. The highest BCUT2D eigenvalue weighted by molar-refractivity contribution is 5.80. The van der Waals surface area contributed by atoms with Crippen LogP contribution < -0.4 is 11.0 Å². The van der Waals surface area contributed by atoms with E-state index in [1.807, 2.05) is 13.0 Å². The van der Waals surface area contributed by atoms with Gasteiger partial charge >= 0.3 is 5.69 Å². The Hall–Kier alpha value is -2.90. The maximum Gasteiger partial charge on any atom is 0.345 e. The Morgan fingerprint density at radius 2 is 2.19 bits per heavy atom. The zero-order valence-corrected chi connectivity index (χ0v) is 15.2. The Morgan fingerprint density at radius 1 is 1.38 bits per heavy atom. The monoisotopic (exact) mass is 354 g/mol. The number of hydrogen-bond acceptors (Lipinski definition) is 4. The number of aromatic amines is 1. The molecule has 1 aliphatic heterocycles. The first-order chi connectivity index (χ1) is 12.4. The number of nitrogens with one attached hydrogen (secondary N) is 2. The molecule has 4 rings (SSSR count). The fourth-order valence-corrected chi connectivity index (χ4v) is 3.52. The Labute approximate surface area is 150 Å². The van der Waals surface area contributed by atoms with Crippen molar-refractivity contribution in [1.82, 2.24) is 29.6 Å². The van der Waals surface area contributed by atoms with Crippen molar-refractivity contribution in [3.8, 4) is 0 Å². The summed E-state index contributed by atoms with van der Waals surface area (Å²) in [6.45, 7) is 4.83. The maximum absolute atomic E-state index is 12.5. The van der Waals surface area contributed by atoms with Gasteiger partial charge in [-0.1, -0.05) is 6.07 Å². The highest BCUT2D eigenvalue weighted by atomic mass is 16.2. The van der Waals surface area contributed by atoms with Crippen molar-refractivity contribution in [2.45, 2.75) is 39.8 Å². The molecule has 26 heavy (non-hydrogen) atoms. The molecule has 0 unspecified atom stereocenters. The van der Waals surface area contributed by atoms with Gasteiger partial charge in [-0.15, -0.1) is 0 Å². The minimum atomic E-state index is -0.224. The average molecular weight is 354 g/mol. The van der Waals surface area contributed by atoms with Gasteiger partial charge in [0.1, 0.15) is 11.6 Å². The molecule has 0 saturated carbocycles. The number of aryl methyl sites for hydroxylation is 4. The van der Waals surface area contributed by atoms with E-state index in [1.54, 1.807) is 11.6 Å². The van der Waals surface area contributed by atoms with E-state index >= 15 is 0 Å². The van der Waals surface area contributed by atoms with E-state index in [0.717, 1.165) is 28.2 Å². The van der Waals surface area contributed by atoms with Gasteiger partial charge in [-0.05, 0) is 37.5 Å². The number of benzene rings is 1. The summed E-state index contributed by atoms with van der Waals surface area (Å²) in [6.07, 6.45) is 1.33. The SMILES string of the molecule is Cc1ccc2[nH]c(CNC(=O)[C@H]3CCc4nn(C)c(=O)n4C3)nc2c1C. The standard InChI is InChI=1S/C18H22N6O2/c1-10-4-6-13-16(11(10)2)21-14(20-13)8-19-17(25)12-5-7-15-22-23(3)18(26)24(15)9-12/h4,6,12H,5,7-9H2,1-3H3,(H,19,25)(H,20,21)/t12-/m0/s1. The molecule has 2 N–H and O–H groups in total. The lowest BCUT2D eigenvalue weighted by atomic mass is 9.98. The number of amides is 1. The van der Waals surface area contributed by atoms with Gasteiger partial charge < -0.3 is 10.3 Å². The minimum Gasteiger partial charge on any atom is -0.349 e. The first-order valence-electron chi connectivity index (χ1n) is 8.79. The Morgan fingerprint density at radius 3 is 3.00 bits per heavy atom. The number of rotatable bonds is 3. The fourth-order valence-electron chi connectivity index (χ4n) is 3.52.